The maximum absolute atomic E-state index is 3.02. The Balaban J connectivity index is 2.83. The van der Waals surface area contributed by atoms with Gasteiger partial charge in [-0.2, -0.15) is 0 Å². The molecule has 41 heavy (non-hydrogen) atoms. The second-order valence-corrected chi connectivity index (χ2v) is 13.2. The topological polar surface area (TPSA) is 0 Å². The molecule has 1 heteroatoms. The van der Waals surface area contributed by atoms with Crippen molar-refractivity contribution in [2.45, 2.75) is 176 Å². The van der Waals surface area contributed by atoms with Crippen LogP contribution >= 0.6 is 9.24 Å². The second-order valence-electron chi connectivity index (χ2n) is 12.6. The number of hydrogen-bond donors (Lipinski definition) is 0. The van der Waals surface area contributed by atoms with Crippen LogP contribution in [0.15, 0.2) is 24.3 Å². The third-order valence-corrected chi connectivity index (χ3v) is 9.71. The highest BCUT2D eigenvalue weighted by molar-refractivity contribution is 7.16. The fraction of sp³-hybridized carbons (Fsp3) is 0.700. The van der Waals surface area contributed by atoms with E-state index < -0.39 is 0 Å². The van der Waals surface area contributed by atoms with Crippen molar-refractivity contribution in [1.82, 2.24) is 0 Å². The lowest BCUT2D eigenvalue weighted by Crippen LogP contribution is -2.14. The summed E-state index contributed by atoms with van der Waals surface area (Å²) in [6.45, 7) is 14.2. The average Bonchev–Trinajstić information content (AvgIpc) is 2.99. The highest BCUT2D eigenvalue weighted by Gasteiger charge is 2.25. The molecule has 1 unspecified atom stereocenters. The van der Waals surface area contributed by atoms with E-state index in [4.69, 9.17) is 0 Å². The quantitative estimate of drug-likeness (QED) is 0.115. The Labute approximate surface area is 259 Å². The van der Waals surface area contributed by atoms with E-state index in [2.05, 4.69) is 75.0 Å². The van der Waals surface area contributed by atoms with Crippen molar-refractivity contribution >= 4 is 9.24 Å². The second kappa shape index (κ2) is 21.5. The van der Waals surface area contributed by atoms with Gasteiger partial charge in [-0.25, -0.2) is 0 Å². The zero-order chi connectivity index (χ0) is 29.9. The summed E-state index contributed by atoms with van der Waals surface area (Å²) in [5.74, 6) is 0.524. The first kappa shape index (κ1) is 36.1. The summed E-state index contributed by atoms with van der Waals surface area (Å²) in [4.78, 5) is 0. The predicted molar refractivity (Wildman–Crippen MR) is 190 cm³/mol. The predicted octanol–water partition coefficient (Wildman–Crippen LogP) is 12.5. The molecular weight excluding hydrogens is 511 g/mol. The van der Waals surface area contributed by atoms with Gasteiger partial charge in [0.25, 0.3) is 0 Å². The van der Waals surface area contributed by atoms with E-state index in [0.29, 0.717) is 5.92 Å². The van der Waals surface area contributed by atoms with Crippen molar-refractivity contribution in [3.05, 3.63) is 68.8 Å². The van der Waals surface area contributed by atoms with Crippen molar-refractivity contribution in [2.24, 2.45) is 0 Å². The Bertz CT molecular complexity index is 896. The van der Waals surface area contributed by atoms with Gasteiger partial charge in [-0.1, -0.05) is 104 Å². The normalized spacial score (nSPS) is 11.6. The van der Waals surface area contributed by atoms with Crippen molar-refractivity contribution in [1.29, 1.82) is 0 Å². The highest BCUT2D eigenvalue weighted by Crippen LogP contribution is 2.40. The van der Waals surface area contributed by atoms with Crippen LogP contribution in [0.5, 0.6) is 0 Å². The van der Waals surface area contributed by atoms with E-state index in [0.717, 1.165) is 0 Å². The Kier molecular flexibility index (Phi) is 18.9. The SMILES string of the molecule is CCCCc1ccc(C(CCCP)c2ccc(CCCC)c(CCCC)c2CCCC)c(CCCC)c1CCCC. The fourth-order valence-electron chi connectivity index (χ4n) is 6.80. The van der Waals surface area contributed by atoms with Gasteiger partial charge < -0.3 is 0 Å². The van der Waals surface area contributed by atoms with E-state index >= 15 is 0 Å². The van der Waals surface area contributed by atoms with Crippen LogP contribution in [0, 0.1) is 0 Å². The first-order chi connectivity index (χ1) is 20.1. The standard InChI is InChI=1S/C40H67P/c1-7-13-20-32-27-29-39(36(24-17-11-5)34(32)22-15-9-3)38(26-19-31-41)40-30-28-33(21-14-8-2)35(23-16-10-4)37(40)25-18-12-6/h27-30,38H,7-26,31,41H2,1-6H3. The van der Waals surface area contributed by atoms with E-state index in [-0.39, 0.29) is 0 Å². The minimum absolute atomic E-state index is 0.524. The number of hydrogen-bond acceptors (Lipinski definition) is 0. The smallest absolute Gasteiger partial charge is 0.00951 e. The van der Waals surface area contributed by atoms with Crippen molar-refractivity contribution in [3.8, 4) is 0 Å². The molecule has 0 bridgehead atoms. The van der Waals surface area contributed by atoms with E-state index in [1.807, 2.05) is 0 Å². The van der Waals surface area contributed by atoms with Gasteiger partial charge in [0.1, 0.15) is 0 Å². The molecule has 232 valence electrons. The van der Waals surface area contributed by atoms with Crippen LogP contribution < -0.4 is 0 Å². The summed E-state index contributed by atoms with van der Waals surface area (Å²) in [7, 11) is 3.02. The van der Waals surface area contributed by atoms with Crippen LogP contribution in [0.2, 0.25) is 0 Å². The Morgan fingerprint density at radius 3 is 1.12 bits per heavy atom. The third-order valence-electron chi connectivity index (χ3n) is 9.30. The Morgan fingerprint density at radius 2 is 0.780 bits per heavy atom. The molecule has 0 amide bonds. The maximum atomic E-state index is 3.02. The molecule has 0 aliphatic rings. The molecule has 0 aromatic heterocycles. The van der Waals surface area contributed by atoms with Gasteiger partial charge in [-0.3, -0.25) is 0 Å². The van der Waals surface area contributed by atoms with Crippen molar-refractivity contribution in [3.63, 3.8) is 0 Å². The molecule has 0 fully saturated rings. The molecule has 0 aliphatic heterocycles. The summed E-state index contributed by atoms with van der Waals surface area (Å²) in [6, 6.07) is 10.4. The molecular formula is C40H67P. The fourth-order valence-corrected chi connectivity index (χ4v) is 7.04. The minimum atomic E-state index is 0.524. The monoisotopic (exact) mass is 578 g/mol. The van der Waals surface area contributed by atoms with Crippen LogP contribution in [0.4, 0.5) is 0 Å². The van der Waals surface area contributed by atoms with Crippen LogP contribution in [0.3, 0.4) is 0 Å². The lowest BCUT2D eigenvalue weighted by molar-refractivity contribution is 0.660. The molecule has 0 N–H and O–H groups in total. The van der Waals surface area contributed by atoms with Gasteiger partial charge >= 0.3 is 0 Å². The summed E-state index contributed by atoms with van der Waals surface area (Å²) in [6.07, 6.45) is 26.8. The number of unbranched alkanes of at least 4 members (excludes halogenated alkanes) is 6. The lowest BCUT2D eigenvalue weighted by Gasteiger charge is -2.29. The van der Waals surface area contributed by atoms with Crippen LogP contribution in [-0.2, 0) is 38.5 Å². The maximum Gasteiger partial charge on any atom is 0.00951 e. The molecule has 2 aromatic rings. The Morgan fingerprint density at radius 1 is 0.439 bits per heavy atom. The van der Waals surface area contributed by atoms with Gasteiger partial charge in [-0.05, 0) is 141 Å². The van der Waals surface area contributed by atoms with Gasteiger partial charge in [0, 0.05) is 5.92 Å². The van der Waals surface area contributed by atoms with E-state index in [1.54, 1.807) is 44.5 Å². The van der Waals surface area contributed by atoms with Crippen LogP contribution in [0.25, 0.3) is 0 Å². The molecule has 0 saturated heterocycles. The molecule has 2 aromatic carbocycles. The van der Waals surface area contributed by atoms with Crippen LogP contribution in [0.1, 0.15) is 182 Å². The molecule has 0 saturated carbocycles. The number of rotatable bonds is 23. The summed E-state index contributed by atoms with van der Waals surface area (Å²) in [5.41, 5.74) is 13.6. The van der Waals surface area contributed by atoms with E-state index in [9.17, 15) is 0 Å². The molecule has 0 spiro atoms. The van der Waals surface area contributed by atoms with Gasteiger partial charge in [0.15, 0.2) is 0 Å². The zero-order valence-electron chi connectivity index (χ0n) is 28.3. The molecule has 0 heterocycles. The third kappa shape index (κ3) is 11.1. The average molecular weight is 579 g/mol. The van der Waals surface area contributed by atoms with Gasteiger partial charge in [0.2, 0.25) is 0 Å². The molecule has 1 atom stereocenters. The van der Waals surface area contributed by atoms with Crippen molar-refractivity contribution in [2.75, 3.05) is 6.16 Å². The lowest BCUT2D eigenvalue weighted by atomic mass is 9.76. The number of aryl methyl sites for hydroxylation is 2. The van der Waals surface area contributed by atoms with Gasteiger partial charge in [0.05, 0.1) is 0 Å². The molecule has 2 rings (SSSR count). The number of benzene rings is 2. The summed E-state index contributed by atoms with van der Waals surface area (Å²) < 4.78 is 0. The molecule has 0 aliphatic carbocycles. The largest absolute Gasteiger partial charge is 0.138 e. The van der Waals surface area contributed by atoms with Crippen LogP contribution in [-0.4, -0.2) is 6.16 Å². The van der Waals surface area contributed by atoms with Crippen molar-refractivity contribution < 1.29 is 0 Å². The molecule has 0 nitrogen and oxygen atoms in total. The summed E-state index contributed by atoms with van der Waals surface area (Å²) in [5, 5.41) is 0. The zero-order valence-corrected chi connectivity index (χ0v) is 29.5. The minimum Gasteiger partial charge on any atom is -0.138 e. The first-order valence-electron chi connectivity index (χ1n) is 18.1. The summed E-state index contributed by atoms with van der Waals surface area (Å²) >= 11 is 0. The van der Waals surface area contributed by atoms with Gasteiger partial charge in [-0.15, -0.1) is 9.24 Å². The first-order valence-corrected chi connectivity index (χ1v) is 18.9. The highest BCUT2D eigenvalue weighted by atomic mass is 31.0. The Hall–Kier alpha value is -1.13. The van der Waals surface area contributed by atoms with E-state index in [1.165, 1.54) is 135 Å². The molecule has 0 radical (unpaired) electrons.